The van der Waals surface area contributed by atoms with Crippen molar-refractivity contribution in [3.05, 3.63) is 64.0 Å². The van der Waals surface area contributed by atoms with Crippen LogP contribution >= 0.6 is 11.6 Å². The van der Waals surface area contributed by atoms with Crippen LogP contribution in [0.5, 0.6) is 5.75 Å². The Morgan fingerprint density at radius 3 is 2.53 bits per heavy atom. The van der Waals surface area contributed by atoms with Crippen LogP contribution < -0.4 is 10.4 Å². The molecule has 30 heavy (non-hydrogen) atoms. The summed E-state index contributed by atoms with van der Waals surface area (Å²) in [5.41, 5.74) is 1.38. The van der Waals surface area contributed by atoms with E-state index in [2.05, 4.69) is 0 Å². The number of amides is 1. The molecule has 0 bridgehead atoms. The van der Waals surface area contributed by atoms with Gasteiger partial charge in [0.2, 0.25) is 0 Å². The Morgan fingerprint density at radius 2 is 1.80 bits per heavy atom. The molecule has 6 heteroatoms. The molecular formula is C24H26ClNO4. The Balaban J connectivity index is 0.00000256. The zero-order chi connectivity index (χ0) is 20.4. The summed E-state index contributed by atoms with van der Waals surface area (Å²) in [6.45, 7) is 3.30. The molecule has 4 rings (SSSR count). The van der Waals surface area contributed by atoms with Gasteiger partial charge in [-0.15, -0.1) is 0 Å². The van der Waals surface area contributed by atoms with Crippen LogP contribution in [0, 0.1) is 0 Å². The van der Waals surface area contributed by atoms with Gasteiger partial charge >= 0.3 is 5.63 Å². The number of hydrogen-bond donors (Lipinski definition) is 0. The second-order valence-corrected chi connectivity index (χ2v) is 7.67. The lowest BCUT2D eigenvalue weighted by Crippen LogP contribution is -2.43. The second kappa shape index (κ2) is 9.35. The van der Waals surface area contributed by atoms with Crippen molar-refractivity contribution in [2.24, 2.45) is 0 Å². The van der Waals surface area contributed by atoms with E-state index >= 15 is 0 Å². The lowest BCUT2D eigenvalue weighted by Gasteiger charge is -2.29. The maximum atomic E-state index is 12.6. The molecule has 5 nitrogen and oxygen atoms in total. The molecule has 158 valence electrons. The van der Waals surface area contributed by atoms with E-state index in [9.17, 15) is 9.59 Å². The van der Waals surface area contributed by atoms with Gasteiger partial charge in [0.15, 0.2) is 6.10 Å². The largest absolute Gasteiger partial charge is 0.481 e. The average Bonchev–Trinajstić information content (AvgIpc) is 2.73. The van der Waals surface area contributed by atoms with Gasteiger partial charge < -0.3 is 14.1 Å². The molecule has 0 radical (unpaired) electrons. The monoisotopic (exact) mass is 427 g/mol. The van der Waals surface area contributed by atoms with Crippen LogP contribution in [-0.4, -0.2) is 30.0 Å². The van der Waals surface area contributed by atoms with Gasteiger partial charge in [-0.2, -0.15) is 0 Å². The van der Waals surface area contributed by atoms with Crippen LogP contribution in [0.25, 0.3) is 22.1 Å². The summed E-state index contributed by atoms with van der Waals surface area (Å²) in [5.74, 6) is 0.464. The number of benzene rings is 2. The highest BCUT2D eigenvalue weighted by Crippen LogP contribution is 2.33. The first-order valence-electron chi connectivity index (χ1n) is 9.81. The molecule has 1 saturated heterocycles. The smallest absolute Gasteiger partial charge is 0.336 e. The number of halogens is 1. The Morgan fingerprint density at radius 1 is 1.07 bits per heavy atom. The number of hydrogen-bond acceptors (Lipinski definition) is 4. The van der Waals surface area contributed by atoms with Crippen molar-refractivity contribution in [2.75, 3.05) is 13.1 Å². The number of carbonyl (C=O) groups is 1. The van der Waals surface area contributed by atoms with Crippen molar-refractivity contribution in [2.45, 2.75) is 39.7 Å². The van der Waals surface area contributed by atoms with Crippen LogP contribution in [0.3, 0.4) is 0 Å². The number of fused-ring (bicyclic) bond motifs is 1. The number of rotatable bonds is 4. The standard InChI is InChI=1S/C23H22ClNO4.CH4/c1-15(23(27)25-11-5-2-6-12-25)28-16-9-10-18-19(14-22(26)29-21(18)13-16)17-7-3-4-8-20(17)24;/h3-4,7-10,13-15H,2,5-6,11-12H2,1H3;1H4/t15-;/m1./s1. The Kier molecular flexibility index (Phi) is 6.83. The lowest BCUT2D eigenvalue weighted by atomic mass is 10.0. The normalized spacial score (nSPS) is 14.8. The zero-order valence-electron chi connectivity index (χ0n) is 16.2. The van der Waals surface area contributed by atoms with Gasteiger partial charge in [-0.1, -0.05) is 37.2 Å². The molecule has 0 aliphatic carbocycles. The second-order valence-electron chi connectivity index (χ2n) is 7.26. The molecule has 1 fully saturated rings. The third-order valence-electron chi connectivity index (χ3n) is 5.21. The first-order chi connectivity index (χ1) is 14.0. The Bertz CT molecular complexity index is 1100. The van der Waals surface area contributed by atoms with E-state index in [1.807, 2.05) is 29.2 Å². The van der Waals surface area contributed by atoms with Gasteiger partial charge in [0, 0.05) is 46.8 Å². The predicted octanol–water partition coefficient (Wildman–Crippen LogP) is 5.53. The minimum absolute atomic E-state index is 0. The summed E-state index contributed by atoms with van der Waals surface area (Å²) in [6.07, 6.45) is 2.62. The molecule has 2 aromatic carbocycles. The van der Waals surface area contributed by atoms with Crippen molar-refractivity contribution < 1.29 is 13.9 Å². The van der Waals surface area contributed by atoms with Gasteiger partial charge in [-0.25, -0.2) is 4.79 Å². The molecule has 0 spiro atoms. The topological polar surface area (TPSA) is 59.8 Å². The van der Waals surface area contributed by atoms with Crippen LogP contribution in [0.1, 0.15) is 33.6 Å². The first kappa shape index (κ1) is 21.9. The van der Waals surface area contributed by atoms with Gasteiger partial charge in [0.1, 0.15) is 11.3 Å². The van der Waals surface area contributed by atoms with E-state index in [-0.39, 0.29) is 13.3 Å². The lowest BCUT2D eigenvalue weighted by molar-refractivity contribution is -0.138. The van der Waals surface area contributed by atoms with E-state index in [0.717, 1.165) is 43.3 Å². The van der Waals surface area contributed by atoms with Gasteiger partial charge in [0.05, 0.1) is 0 Å². The van der Waals surface area contributed by atoms with Crippen LogP contribution in [-0.2, 0) is 4.79 Å². The maximum Gasteiger partial charge on any atom is 0.336 e. The van der Waals surface area contributed by atoms with E-state index in [1.165, 1.54) is 6.07 Å². The van der Waals surface area contributed by atoms with Crippen molar-refractivity contribution in [1.29, 1.82) is 0 Å². The average molecular weight is 428 g/mol. The predicted molar refractivity (Wildman–Crippen MR) is 120 cm³/mol. The van der Waals surface area contributed by atoms with E-state index in [0.29, 0.717) is 21.9 Å². The highest BCUT2D eigenvalue weighted by molar-refractivity contribution is 6.33. The Hall–Kier alpha value is -2.79. The molecule has 1 aromatic heterocycles. The summed E-state index contributed by atoms with van der Waals surface area (Å²) in [5, 5.41) is 1.31. The number of nitrogens with zero attached hydrogens (tertiary/aromatic N) is 1. The van der Waals surface area contributed by atoms with Gasteiger partial charge in [-0.05, 0) is 44.4 Å². The van der Waals surface area contributed by atoms with Crippen molar-refractivity contribution >= 4 is 28.5 Å². The minimum atomic E-state index is -0.607. The third-order valence-corrected chi connectivity index (χ3v) is 5.54. The van der Waals surface area contributed by atoms with E-state index < -0.39 is 11.7 Å². The highest BCUT2D eigenvalue weighted by atomic mass is 35.5. The molecule has 0 unspecified atom stereocenters. The van der Waals surface area contributed by atoms with Crippen molar-refractivity contribution in [3.63, 3.8) is 0 Å². The number of carbonyl (C=O) groups excluding carboxylic acids is 1. The van der Waals surface area contributed by atoms with Crippen LogP contribution in [0.15, 0.2) is 57.7 Å². The maximum absolute atomic E-state index is 12.6. The summed E-state index contributed by atoms with van der Waals surface area (Å²) >= 11 is 6.32. The summed E-state index contributed by atoms with van der Waals surface area (Å²) in [6, 6.07) is 14.0. The molecule has 1 aliphatic heterocycles. The van der Waals surface area contributed by atoms with Crippen LogP contribution in [0.4, 0.5) is 0 Å². The molecule has 3 aromatic rings. The fourth-order valence-corrected chi connectivity index (χ4v) is 3.98. The summed E-state index contributed by atoms with van der Waals surface area (Å²) in [7, 11) is 0. The fourth-order valence-electron chi connectivity index (χ4n) is 3.74. The van der Waals surface area contributed by atoms with E-state index in [4.69, 9.17) is 20.8 Å². The number of likely N-dealkylation sites (tertiary alicyclic amines) is 1. The highest BCUT2D eigenvalue weighted by Gasteiger charge is 2.23. The molecule has 1 amide bonds. The fraction of sp³-hybridized carbons (Fsp3) is 0.333. The van der Waals surface area contributed by atoms with Gasteiger partial charge in [-0.3, -0.25) is 4.79 Å². The summed E-state index contributed by atoms with van der Waals surface area (Å²) < 4.78 is 11.3. The Labute approximate surface area is 181 Å². The summed E-state index contributed by atoms with van der Waals surface area (Å²) in [4.78, 5) is 26.6. The molecule has 1 aliphatic rings. The molecule has 2 heterocycles. The van der Waals surface area contributed by atoms with Crippen molar-refractivity contribution in [3.8, 4) is 16.9 Å². The quantitative estimate of drug-likeness (QED) is 0.513. The zero-order valence-corrected chi connectivity index (χ0v) is 16.9. The SMILES string of the molecule is C.C[C@@H](Oc1ccc2c(-c3ccccc3Cl)cc(=O)oc2c1)C(=O)N1CCCCC1. The van der Waals surface area contributed by atoms with Gasteiger partial charge in [0.25, 0.3) is 5.91 Å². The molecule has 1 atom stereocenters. The first-order valence-corrected chi connectivity index (χ1v) is 10.2. The van der Waals surface area contributed by atoms with Crippen molar-refractivity contribution in [1.82, 2.24) is 4.90 Å². The third kappa shape index (κ3) is 4.51. The minimum Gasteiger partial charge on any atom is -0.481 e. The molecule has 0 saturated carbocycles. The number of piperidine rings is 1. The van der Waals surface area contributed by atoms with E-state index in [1.54, 1.807) is 25.1 Å². The molecular weight excluding hydrogens is 402 g/mol. The number of ether oxygens (including phenoxy) is 1. The van der Waals surface area contributed by atoms with Crippen LogP contribution in [0.2, 0.25) is 5.02 Å². The molecule has 0 N–H and O–H groups in total.